The van der Waals surface area contributed by atoms with Gasteiger partial charge in [-0.25, -0.2) is 0 Å². The van der Waals surface area contributed by atoms with Crippen LogP contribution in [-0.4, -0.2) is 37.0 Å². The van der Waals surface area contributed by atoms with Crippen LogP contribution in [-0.2, 0) is 9.59 Å². The van der Waals surface area contributed by atoms with Gasteiger partial charge < -0.3 is 16.0 Å². The Hall–Kier alpha value is -1.10. The minimum absolute atomic E-state index is 0.0462. The Morgan fingerprint density at radius 2 is 2.06 bits per heavy atom. The van der Waals surface area contributed by atoms with Crippen LogP contribution in [0.4, 0.5) is 0 Å². The van der Waals surface area contributed by atoms with E-state index in [0.29, 0.717) is 0 Å². The molecule has 1 saturated heterocycles. The third-order valence-electron chi connectivity index (χ3n) is 3.06. The molecule has 1 fully saturated rings. The molecule has 0 aromatic carbocycles. The molecule has 1 aliphatic rings. The van der Waals surface area contributed by atoms with Crippen molar-refractivity contribution in [2.24, 2.45) is 5.41 Å². The summed E-state index contributed by atoms with van der Waals surface area (Å²) < 4.78 is 0. The molecule has 0 aromatic heterocycles. The average molecular weight is 255 g/mol. The fourth-order valence-electron chi connectivity index (χ4n) is 2.01. The quantitative estimate of drug-likeness (QED) is 0.666. The minimum Gasteiger partial charge on any atom is -0.354 e. The third-order valence-corrected chi connectivity index (χ3v) is 3.06. The van der Waals surface area contributed by atoms with E-state index < -0.39 is 5.41 Å². The highest BCUT2D eigenvalue weighted by Gasteiger charge is 2.32. The van der Waals surface area contributed by atoms with E-state index in [2.05, 4.69) is 16.0 Å². The maximum absolute atomic E-state index is 12.1. The van der Waals surface area contributed by atoms with E-state index in [1.54, 1.807) is 0 Å². The molecule has 1 heterocycles. The number of hydrogen-bond acceptors (Lipinski definition) is 3. The zero-order chi connectivity index (χ0) is 13.8. The van der Waals surface area contributed by atoms with E-state index in [1.165, 1.54) is 0 Å². The topological polar surface area (TPSA) is 70.2 Å². The zero-order valence-electron chi connectivity index (χ0n) is 11.8. The summed E-state index contributed by atoms with van der Waals surface area (Å²) in [5.41, 5.74) is -0.665. The molecule has 0 radical (unpaired) electrons. The highest BCUT2D eigenvalue weighted by Crippen LogP contribution is 2.21. The fraction of sp³-hybridized carbons (Fsp3) is 0.846. The van der Waals surface area contributed by atoms with E-state index in [4.69, 9.17) is 0 Å². The van der Waals surface area contributed by atoms with Crippen molar-refractivity contribution in [2.45, 2.75) is 52.6 Å². The molecule has 18 heavy (non-hydrogen) atoms. The zero-order valence-corrected chi connectivity index (χ0v) is 11.8. The first-order valence-electron chi connectivity index (χ1n) is 6.62. The van der Waals surface area contributed by atoms with Gasteiger partial charge in [-0.2, -0.15) is 0 Å². The predicted octanol–water partition coefficient (Wildman–Crippen LogP) is 0.405. The Kier molecular flexibility index (Phi) is 5.14. The van der Waals surface area contributed by atoms with Crippen LogP contribution in [0.3, 0.4) is 0 Å². The molecule has 1 unspecified atom stereocenters. The molecule has 0 saturated carbocycles. The molecule has 2 amide bonds. The van der Waals surface area contributed by atoms with E-state index >= 15 is 0 Å². The number of carbonyl (C=O) groups is 2. The van der Waals surface area contributed by atoms with Gasteiger partial charge in [0.1, 0.15) is 0 Å². The lowest BCUT2D eigenvalue weighted by Crippen LogP contribution is -2.46. The molecule has 0 spiro atoms. The monoisotopic (exact) mass is 255 g/mol. The van der Waals surface area contributed by atoms with Gasteiger partial charge in [0.05, 0.1) is 5.41 Å². The van der Waals surface area contributed by atoms with Crippen molar-refractivity contribution in [3.05, 3.63) is 0 Å². The van der Waals surface area contributed by atoms with Crippen LogP contribution < -0.4 is 16.0 Å². The van der Waals surface area contributed by atoms with Crippen molar-refractivity contribution < 1.29 is 9.59 Å². The molecule has 104 valence electrons. The molecule has 5 heteroatoms. The van der Waals surface area contributed by atoms with Gasteiger partial charge in [0.2, 0.25) is 11.8 Å². The Balaban J connectivity index is 2.45. The molecule has 1 aliphatic heterocycles. The third kappa shape index (κ3) is 4.64. The van der Waals surface area contributed by atoms with Crippen LogP contribution in [0.25, 0.3) is 0 Å². The van der Waals surface area contributed by atoms with Gasteiger partial charge in [0.25, 0.3) is 0 Å². The van der Waals surface area contributed by atoms with E-state index in [-0.39, 0.29) is 30.3 Å². The number of hydrogen-bond donors (Lipinski definition) is 3. The summed E-state index contributed by atoms with van der Waals surface area (Å²) in [6.45, 7) is 9.21. The second-order valence-corrected chi connectivity index (χ2v) is 5.95. The van der Waals surface area contributed by atoms with Crippen LogP contribution in [0.5, 0.6) is 0 Å². The number of rotatable bonds is 5. The second-order valence-electron chi connectivity index (χ2n) is 5.95. The fourth-order valence-corrected chi connectivity index (χ4v) is 2.01. The Bertz CT molecular complexity index is 307. The number of amides is 2. The Morgan fingerprint density at radius 3 is 2.56 bits per heavy atom. The summed E-state index contributed by atoms with van der Waals surface area (Å²) in [4.78, 5) is 23.8. The largest absolute Gasteiger partial charge is 0.354 e. The SMILES string of the molecule is CC(C)NC(=O)CC(C)(C)C(=O)NC1CCNC1. The summed E-state index contributed by atoms with van der Waals surface area (Å²) in [6, 6.07) is 0.306. The lowest BCUT2D eigenvalue weighted by molar-refractivity contribution is -0.135. The van der Waals surface area contributed by atoms with Gasteiger partial charge >= 0.3 is 0 Å². The molecule has 0 aliphatic carbocycles. The molecular formula is C13H25N3O2. The van der Waals surface area contributed by atoms with Gasteiger partial charge in [0, 0.05) is 25.0 Å². The van der Waals surface area contributed by atoms with Crippen LogP contribution in [0, 0.1) is 5.41 Å². The summed E-state index contributed by atoms with van der Waals surface area (Å²) in [7, 11) is 0. The molecule has 1 rings (SSSR count). The predicted molar refractivity (Wildman–Crippen MR) is 71.1 cm³/mol. The van der Waals surface area contributed by atoms with Gasteiger partial charge in [-0.1, -0.05) is 13.8 Å². The molecular weight excluding hydrogens is 230 g/mol. The molecule has 0 aromatic rings. The smallest absolute Gasteiger partial charge is 0.226 e. The summed E-state index contributed by atoms with van der Waals surface area (Å²) in [5, 5.41) is 9.01. The van der Waals surface area contributed by atoms with Gasteiger partial charge in [-0.05, 0) is 26.8 Å². The van der Waals surface area contributed by atoms with Crippen LogP contribution in [0.2, 0.25) is 0 Å². The van der Waals surface area contributed by atoms with Gasteiger partial charge in [-0.3, -0.25) is 9.59 Å². The normalized spacial score (nSPS) is 19.9. The average Bonchev–Trinajstić information content (AvgIpc) is 2.67. The van der Waals surface area contributed by atoms with Crippen LogP contribution >= 0.6 is 0 Å². The van der Waals surface area contributed by atoms with Crippen molar-refractivity contribution in [3.8, 4) is 0 Å². The first-order chi connectivity index (χ1) is 8.31. The first kappa shape index (κ1) is 15.0. The maximum atomic E-state index is 12.1. The highest BCUT2D eigenvalue weighted by molar-refractivity contribution is 5.88. The van der Waals surface area contributed by atoms with Crippen LogP contribution in [0.1, 0.15) is 40.5 Å². The lowest BCUT2D eigenvalue weighted by atomic mass is 9.87. The standard InChI is InChI=1S/C13H25N3O2/c1-9(2)15-11(17)7-13(3,4)12(18)16-10-5-6-14-8-10/h9-10,14H,5-8H2,1-4H3,(H,15,17)(H,16,18). The van der Waals surface area contributed by atoms with Crippen molar-refractivity contribution in [2.75, 3.05) is 13.1 Å². The second kappa shape index (κ2) is 6.18. The Morgan fingerprint density at radius 1 is 1.39 bits per heavy atom. The van der Waals surface area contributed by atoms with Crippen LogP contribution in [0.15, 0.2) is 0 Å². The minimum atomic E-state index is -0.665. The van der Waals surface area contributed by atoms with Gasteiger partial charge in [-0.15, -0.1) is 0 Å². The summed E-state index contributed by atoms with van der Waals surface area (Å²) >= 11 is 0. The van der Waals surface area contributed by atoms with Crippen molar-refractivity contribution >= 4 is 11.8 Å². The van der Waals surface area contributed by atoms with Gasteiger partial charge in [0.15, 0.2) is 0 Å². The first-order valence-corrected chi connectivity index (χ1v) is 6.62. The highest BCUT2D eigenvalue weighted by atomic mass is 16.2. The molecule has 3 N–H and O–H groups in total. The van der Waals surface area contributed by atoms with Crippen molar-refractivity contribution in [3.63, 3.8) is 0 Å². The lowest BCUT2D eigenvalue weighted by Gasteiger charge is -2.25. The molecule has 1 atom stereocenters. The van der Waals surface area contributed by atoms with Crippen molar-refractivity contribution in [1.82, 2.24) is 16.0 Å². The van der Waals surface area contributed by atoms with E-state index in [1.807, 2.05) is 27.7 Å². The Labute approximate surface area is 109 Å². The van der Waals surface area contributed by atoms with E-state index in [0.717, 1.165) is 19.5 Å². The molecule has 0 bridgehead atoms. The van der Waals surface area contributed by atoms with Crippen molar-refractivity contribution in [1.29, 1.82) is 0 Å². The molecule has 5 nitrogen and oxygen atoms in total. The van der Waals surface area contributed by atoms with E-state index in [9.17, 15) is 9.59 Å². The number of carbonyl (C=O) groups excluding carboxylic acids is 2. The number of nitrogens with one attached hydrogen (secondary N) is 3. The summed E-state index contributed by atoms with van der Waals surface area (Å²) in [5.74, 6) is -0.121. The maximum Gasteiger partial charge on any atom is 0.226 e. The summed E-state index contributed by atoms with van der Waals surface area (Å²) in [6.07, 6.45) is 1.18.